The van der Waals surface area contributed by atoms with Crippen molar-refractivity contribution in [1.29, 1.82) is 0 Å². The fourth-order valence-corrected chi connectivity index (χ4v) is 2.95. The Kier molecular flexibility index (Phi) is 8.03. The Hall–Kier alpha value is -0.160. The Morgan fingerprint density at radius 2 is 1.95 bits per heavy atom. The van der Waals surface area contributed by atoms with Gasteiger partial charge in [-0.25, -0.2) is 0 Å². The Bertz CT molecular complexity index is 258. The first kappa shape index (κ1) is 17.9. The van der Waals surface area contributed by atoms with Gasteiger partial charge in [-0.05, 0) is 59.2 Å². The average Bonchev–Trinajstić information content (AvgIpc) is 2.68. The monoisotopic (exact) mass is 285 g/mol. The molecule has 2 N–H and O–H groups in total. The number of nitrogens with zero attached hydrogens (tertiary/aromatic N) is 2. The van der Waals surface area contributed by atoms with E-state index in [-0.39, 0.29) is 5.60 Å². The third kappa shape index (κ3) is 6.08. The summed E-state index contributed by atoms with van der Waals surface area (Å²) in [4.78, 5) is 5.24. The standard InChI is InChI=1S/C16H35N3O/c1-5-15(7-9-17)19-11-6-10-18(13-14-19)12-8-16(2,3)20-4/h15H,5-14,17H2,1-4H3. The van der Waals surface area contributed by atoms with E-state index in [4.69, 9.17) is 10.5 Å². The maximum Gasteiger partial charge on any atom is 0.0634 e. The lowest BCUT2D eigenvalue weighted by molar-refractivity contribution is 0.00761. The molecule has 1 fully saturated rings. The summed E-state index contributed by atoms with van der Waals surface area (Å²) < 4.78 is 5.52. The van der Waals surface area contributed by atoms with E-state index in [0.29, 0.717) is 6.04 Å². The summed E-state index contributed by atoms with van der Waals surface area (Å²) in [6.45, 7) is 13.4. The van der Waals surface area contributed by atoms with Gasteiger partial charge in [0.2, 0.25) is 0 Å². The van der Waals surface area contributed by atoms with Crippen molar-refractivity contribution in [2.75, 3.05) is 46.4 Å². The lowest BCUT2D eigenvalue weighted by Gasteiger charge is -2.30. The Balaban J connectivity index is 2.39. The van der Waals surface area contributed by atoms with E-state index >= 15 is 0 Å². The van der Waals surface area contributed by atoms with Crippen molar-refractivity contribution in [1.82, 2.24) is 9.80 Å². The highest BCUT2D eigenvalue weighted by atomic mass is 16.5. The first-order valence-electron chi connectivity index (χ1n) is 8.24. The maximum atomic E-state index is 5.74. The molecule has 1 atom stereocenters. The van der Waals surface area contributed by atoms with E-state index in [1.54, 1.807) is 0 Å². The van der Waals surface area contributed by atoms with Gasteiger partial charge in [-0.3, -0.25) is 4.90 Å². The van der Waals surface area contributed by atoms with E-state index in [2.05, 4.69) is 30.6 Å². The van der Waals surface area contributed by atoms with Gasteiger partial charge in [-0.2, -0.15) is 0 Å². The number of rotatable bonds is 8. The summed E-state index contributed by atoms with van der Waals surface area (Å²) in [5.41, 5.74) is 5.74. The summed E-state index contributed by atoms with van der Waals surface area (Å²) in [7, 11) is 1.81. The molecule has 0 aromatic carbocycles. The molecule has 4 nitrogen and oxygen atoms in total. The van der Waals surface area contributed by atoms with Crippen LogP contribution in [0.25, 0.3) is 0 Å². The van der Waals surface area contributed by atoms with Crippen molar-refractivity contribution in [3.05, 3.63) is 0 Å². The minimum absolute atomic E-state index is 0.00249. The molecule has 0 radical (unpaired) electrons. The quantitative estimate of drug-likeness (QED) is 0.740. The van der Waals surface area contributed by atoms with E-state index < -0.39 is 0 Å². The first-order chi connectivity index (χ1) is 9.52. The molecule has 0 amide bonds. The summed E-state index contributed by atoms with van der Waals surface area (Å²) in [5.74, 6) is 0. The van der Waals surface area contributed by atoms with Crippen LogP contribution in [0.15, 0.2) is 0 Å². The molecule has 1 unspecified atom stereocenters. The second-order valence-corrected chi connectivity index (χ2v) is 6.58. The molecule has 0 bridgehead atoms. The molecule has 4 heteroatoms. The SMILES string of the molecule is CCC(CCN)N1CCCN(CCC(C)(C)OC)CC1. The molecule has 1 aliphatic heterocycles. The van der Waals surface area contributed by atoms with Crippen molar-refractivity contribution in [2.24, 2.45) is 5.73 Å². The molecule has 1 aliphatic rings. The van der Waals surface area contributed by atoms with Crippen molar-refractivity contribution in [3.8, 4) is 0 Å². The molecule has 0 saturated carbocycles. The third-order valence-electron chi connectivity index (χ3n) is 4.69. The molecule has 0 spiro atoms. The normalized spacial score (nSPS) is 20.9. The zero-order valence-electron chi connectivity index (χ0n) is 14.0. The number of methoxy groups -OCH3 is 1. The molecule has 0 aliphatic carbocycles. The number of hydrogen-bond acceptors (Lipinski definition) is 4. The summed E-state index contributed by atoms with van der Waals surface area (Å²) in [6.07, 6.45) is 4.72. The molecule has 1 saturated heterocycles. The van der Waals surface area contributed by atoms with E-state index in [0.717, 1.165) is 25.9 Å². The Labute approximate surface area is 125 Å². The van der Waals surface area contributed by atoms with Crippen LogP contribution in [0.3, 0.4) is 0 Å². The minimum Gasteiger partial charge on any atom is -0.379 e. The van der Waals surface area contributed by atoms with Crippen LogP contribution in [0, 0.1) is 0 Å². The molecule has 1 rings (SSSR count). The van der Waals surface area contributed by atoms with Crippen molar-refractivity contribution in [3.63, 3.8) is 0 Å². The van der Waals surface area contributed by atoms with Gasteiger partial charge in [0.15, 0.2) is 0 Å². The molecule has 0 aromatic heterocycles. The fourth-order valence-electron chi connectivity index (χ4n) is 2.95. The van der Waals surface area contributed by atoms with Gasteiger partial charge in [0.05, 0.1) is 5.60 Å². The van der Waals surface area contributed by atoms with Crippen molar-refractivity contribution in [2.45, 2.75) is 58.1 Å². The second-order valence-electron chi connectivity index (χ2n) is 6.58. The van der Waals surface area contributed by atoms with Gasteiger partial charge < -0.3 is 15.4 Å². The highest BCUT2D eigenvalue weighted by molar-refractivity contribution is 4.78. The van der Waals surface area contributed by atoms with Crippen LogP contribution in [0.1, 0.15) is 46.5 Å². The third-order valence-corrected chi connectivity index (χ3v) is 4.69. The highest BCUT2D eigenvalue weighted by Crippen LogP contribution is 2.16. The van der Waals surface area contributed by atoms with Crippen LogP contribution in [-0.4, -0.2) is 67.8 Å². The first-order valence-corrected chi connectivity index (χ1v) is 8.24. The highest BCUT2D eigenvalue weighted by Gasteiger charge is 2.22. The predicted molar refractivity (Wildman–Crippen MR) is 86.1 cm³/mol. The van der Waals surface area contributed by atoms with Crippen LogP contribution in [0.2, 0.25) is 0 Å². The second kappa shape index (κ2) is 8.98. The van der Waals surface area contributed by atoms with Crippen LogP contribution >= 0.6 is 0 Å². The van der Waals surface area contributed by atoms with Crippen LogP contribution in [-0.2, 0) is 4.74 Å². The molecule has 0 aromatic rings. The van der Waals surface area contributed by atoms with Crippen LogP contribution < -0.4 is 5.73 Å². The minimum atomic E-state index is -0.00249. The van der Waals surface area contributed by atoms with Crippen LogP contribution in [0.5, 0.6) is 0 Å². The van der Waals surface area contributed by atoms with E-state index in [1.807, 2.05) is 7.11 Å². The predicted octanol–water partition coefficient (Wildman–Crippen LogP) is 1.94. The Morgan fingerprint density at radius 3 is 2.55 bits per heavy atom. The maximum absolute atomic E-state index is 5.74. The average molecular weight is 285 g/mol. The molecule has 1 heterocycles. The fraction of sp³-hybridized carbons (Fsp3) is 1.00. The van der Waals surface area contributed by atoms with E-state index in [1.165, 1.54) is 39.0 Å². The van der Waals surface area contributed by atoms with E-state index in [9.17, 15) is 0 Å². The molecule has 20 heavy (non-hydrogen) atoms. The van der Waals surface area contributed by atoms with Gasteiger partial charge in [0.1, 0.15) is 0 Å². The van der Waals surface area contributed by atoms with Gasteiger partial charge >= 0.3 is 0 Å². The van der Waals surface area contributed by atoms with Crippen LogP contribution in [0.4, 0.5) is 0 Å². The van der Waals surface area contributed by atoms with Crippen molar-refractivity contribution < 1.29 is 4.74 Å². The van der Waals surface area contributed by atoms with Gasteiger partial charge in [-0.15, -0.1) is 0 Å². The molecule has 120 valence electrons. The number of ether oxygens (including phenoxy) is 1. The van der Waals surface area contributed by atoms with Crippen molar-refractivity contribution >= 4 is 0 Å². The largest absolute Gasteiger partial charge is 0.379 e. The lowest BCUT2D eigenvalue weighted by Crippen LogP contribution is -2.40. The molecular formula is C16H35N3O. The smallest absolute Gasteiger partial charge is 0.0634 e. The summed E-state index contributed by atoms with van der Waals surface area (Å²) in [6, 6.07) is 0.676. The Morgan fingerprint density at radius 1 is 1.20 bits per heavy atom. The van der Waals surface area contributed by atoms with Gasteiger partial charge in [-0.1, -0.05) is 6.92 Å². The summed E-state index contributed by atoms with van der Waals surface area (Å²) in [5, 5.41) is 0. The number of hydrogen-bond donors (Lipinski definition) is 1. The topological polar surface area (TPSA) is 41.7 Å². The molecular weight excluding hydrogens is 250 g/mol. The lowest BCUT2D eigenvalue weighted by atomic mass is 10.1. The summed E-state index contributed by atoms with van der Waals surface area (Å²) >= 11 is 0. The number of nitrogens with two attached hydrogens (primary N) is 1. The zero-order chi connectivity index (χ0) is 15.0. The van der Waals surface area contributed by atoms with Gasteiger partial charge in [0.25, 0.3) is 0 Å². The van der Waals surface area contributed by atoms with Gasteiger partial charge in [0, 0.05) is 32.8 Å². The zero-order valence-corrected chi connectivity index (χ0v) is 14.0.